The van der Waals surface area contributed by atoms with Crippen molar-refractivity contribution in [2.24, 2.45) is 17.1 Å². The predicted octanol–water partition coefficient (Wildman–Crippen LogP) is -1.17. The van der Waals surface area contributed by atoms with Crippen LogP contribution in [0.15, 0.2) is 0 Å². The zero-order chi connectivity index (χ0) is 8.77. The minimum absolute atomic E-state index is 0.0159. The monoisotopic (exact) mass is 170 g/mol. The number of nitrogens with one attached hydrogen (secondary N) is 1. The topological polar surface area (TPSA) is 75.4 Å². The van der Waals surface area contributed by atoms with Gasteiger partial charge in [0.15, 0.2) is 0 Å². The summed E-state index contributed by atoms with van der Waals surface area (Å²) in [6.45, 7) is 1.36. The van der Waals surface area contributed by atoms with Crippen LogP contribution in [0.1, 0.15) is 12.8 Å². The molecule has 0 radical (unpaired) electrons. The maximum atomic E-state index is 10.9. The summed E-state index contributed by atoms with van der Waals surface area (Å²) in [5, 5.41) is 12.9. The Balaban J connectivity index is 2.11. The molecule has 1 spiro atoms. The Morgan fingerprint density at radius 1 is 1.58 bits per heavy atom. The fraction of sp³-hybridized carbons (Fsp3) is 0.875. The van der Waals surface area contributed by atoms with Crippen LogP contribution in [-0.4, -0.2) is 30.2 Å². The summed E-state index contributed by atoms with van der Waals surface area (Å²) in [6, 6.07) is 0. The summed E-state index contributed by atoms with van der Waals surface area (Å²) in [4.78, 5) is 10.9. The molecule has 1 saturated carbocycles. The number of aliphatic hydroxyl groups excluding tert-OH is 1. The van der Waals surface area contributed by atoms with Gasteiger partial charge in [-0.05, 0) is 12.8 Å². The molecule has 1 heterocycles. The van der Waals surface area contributed by atoms with Crippen molar-refractivity contribution in [2.75, 3.05) is 13.1 Å². The van der Waals surface area contributed by atoms with E-state index in [4.69, 9.17) is 5.73 Å². The molecule has 2 aliphatic rings. The van der Waals surface area contributed by atoms with Crippen molar-refractivity contribution < 1.29 is 9.90 Å². The van der Waals surface area contributed by atoms with Crippen molar-refractivity contribution in [3.63, 3.8) is 0 Å². The molecule has 0 aromatic heterocycles. The number of carbonyl (C=O) groups excluding carboxylic acids is 1. The molecule has 1 amide bonds. The molecular formula is C8H14N2O2. The van der Waals surface area contributed by atoms with E-state index >= 15 is 0 Å². The second-order valence-corrected chi connectivity index (χ2v) is 3.95. The Morgan fingerprint density at radius 2 is 2.25 bits per heavy atom. The molecule has 1 aliphatic carbocycles. The number of primary amides is 1. The van der Waals surface area contributed by atoms with E-state index in [-0.39, 0.29) is 17.2 Å². The van der Waals surface area contributed by atoms with E-state index in [1.54, 1.807) is 0 Å². The molecule has 68 valence electrons. The first-order valence-electron chi connectivity index (χ1n) is 4.34. The highest BCUT2D eigenvalue weighted by molar-refractivity contribution is 5.78. The Hall–Kier alpha value is -0.610. The molecular weight excluding hydrogens is 156 g/mol. The summed E-state index contributed by atoms with van der Waals surface area (Å²) in [5.74, 6) is -0.776. The van der Waals surface area contributed by atoms with Gasteiger partial charge in [-0.15, -0.1) is 0 Å². The highest BCUT2D eigenvalue weighted by atomic mass is 16.3. The summed E-state index contributed by atoms with van der Waals surface area (Å²) in [6.07, 6.45) is 1.52. The second kappa shape index (κ2) is 2.44. The van der Waals surface area contributed by atoms with Crippen LogP contribution in [0.5, 0.6) is 0 Å². The number of nitrogens with two attached hydrogens (primary N) is 1. The van der Waals surface area contributed by atoms with Gasteiger partial charge < -0.3 is 16.2 Å². The van der Waals surface area contributed by atoms with Gasteiger partial charge in [0.1, 0.15) is 0 Å². The Kier molecular flexibility index (Phi) is 1.63. The van der Waals surface area contributed by atoms with Crippen LogP contribution in [0.25, 0.3) is 0 Å². The summed E-state index contributed by atoms with van der Waals surface area (Å²) < 4.78 is 0. The molecule has 1 saturated heterocycles. The molecule has 2 unspecified atom stereocenters. The Morgan fingerprint density at radius 3 is 2.75 bits per heavy atom. The largest absolute Gasteiger partial charge is 0.392 e. The number of amides is 1. The molecule has 2 rings (SSSR count). The van der Waals surface area contributed by atoms with Crippen LogP contribution in [-0.2, 0) is 4.79 Å². The van der Waals surface area contributed by atoms with Gasteiger partial charge in [0.25, 0.3) is 0 Å². The van der Waals surface area contributed by atoms with E-state index in [1.165, 1.54) is 0 Å². The van der Waals surface area contributed by atoms with Gasteiger partial charge in [-0.1, -0.05) is 0 Å². The van der Waals surface area contributed by atoms with Crippen molar-refractivity contribution in [1.29, 1.82) is 0 Å². The first-order valence-corrected chi connectivity index (χ1v) is 4.34. The lowest BCUT2D eigenvalue weighted by molar-refractivity contribution is -0.128. The van der Waals surface area contributed by atoms with E-state index in [0.29, 0.717) is 6.54 Å². The minimum Gasteiger partial charge on any atom is -0.392 e. The smallest absolute Gasteiger partial charge is 0.224 e. The highest BCUT2D eigenvalue weighted by Crippen LogP contribution is 2.51. The second-order valence-electron chi connectivity index (χ2n) is 3.95. The predicted molar refractivity (Wildman–Crippen MR) is 43.2 cm³/mol. The van der Waals surface area contributed by atoms with Crippen LogP contribution in [0.2, 0.25) is 0 Å². The SMILES string of the molecule is NC(=O)C1CNCC2(CC2)C1O. The zero-order valence-electron chi connectivity index (χ0n) is 6.92. The lowest BCUT2D eigenvalue weighted by Gasteiger charge is -2.33. The number of aliphatic hydroxyl groups is 1. The number of hydrogen-bond acceptors (Lipinski definition) is 3. The first kappa shape index (κ1) is 8.01. The average molecular weight is 170 g/mol. The van der Waals surface area contributed by atoms with E-state index in [2.05, 4.69) is 5.32 Å². The van der Waals surface area contributed by atoms with Crippen LogP contribution >= 0.6 is 0 Å². The molecule has 2 atom stereocenters. The average Bonchev–Trinajstić information content (AvgIpc) is 2.76. The van der Waals surface area contributed by atoms with Crippen molar-refractivity contribution >= 4 is 5.91 Å². The molecule has 2 fully saturated rings. The molecule has 0 bridgehead atoms. The molecule has 0 aromatic rings. The van der Waals surface area contributed by atoms with E-state index in [1.807, 2.05) is 0 Å². The molecule has 1 aliphatic heterocycles. The zero-order valence-corrected chi connectivity index (χ0v) is 6.92. The number of carbonyl (C=O) groups is 1. The first-order chi connectivity index (χ1) is 5.66. The van der Waals surface area contributed by atoms with Gasteiger partial charge in [-0.3, -0.25) is 4.79 Å². The summed E-state index contributed by atoms with van der Waals surface area (Å²) in [5.41, 5.74) is 5.15. The standard InChI is InChI=1S/C8H14N2O2/c9-7(12)5-3-10-4-8(1-2-8)6(5)11/h5-6,10-11H,1-4H2,(H2,9,12). The normalized spacial score (nSPS) is 38.1. The van der Waals surface area contributed by atoms with Gasteiger partial charge in [0.2, 0.25) is 5.91 Å². The van der Waals surface area contributed by atoms with Gasteiger partial charge in [-0.2, -0.15) is 0 Å². The quantitative estimate of drug-likeness (QED) is 0.464. The summed E-state index contributed by atoms with van der Waals surface area (Å²) >= 11 is 0. The van der Waals surface area contributed by atoms with Crippen LogP contribution < -0.4 is 11.1 Å². The highest BCUT2D eigenvalue weighted by Gasteiger charge is 2.54. The van der Waals surface area contributed by atoms with Crippen molar-refractivity contribution in [1.82, 2.24) is 5.32 Å². The fourth-order valence-corrected chi connectivity index (χ4v) is 2.01. The van der Waals surface area contributed by atoms with Crippen LogP contribution in [0.4, 0.5) is 0 Å². The summed E-state index contributed by atoms with van der Waals surface area (Å²) in [7, 11) is 0. The minimum atomic E-state index is -0.517. The van der Waals surface area contributed by atoms with Crippen molar-refractivity contribution in [3.8, 4) is 0 Å². The van der Waals surface area contributed by atoms with Gasteiger partial charge in [0, 0.05) is 18.5 Å². The lowest BCUT2D eigenvalue weighted by atomic mass is 9.84. The van der Waals surface area contributed by atoms with Gasteiger partial charge >= 0.3 is 0 Å². The van der Waals surface area contributed by atoms with E-state index in [0.717, 1.165) is 19.4 Å². The molecule has 4 heteroatoms. The number of hydrogen-bond donors (Lipinski definition) is 3. The third-order valence-electron chi connectivity index (χ3n) is 3.11. The van der Waals surface area contributed by atoms with Crippen LogP contribution in [0, 0.1) is 11.3 Å². The Labute approximate surface area is 71.1 Å². The lowest BCUT2D eigenvalue weighted by Crippen LogP contribution is -2.53. The van der Waals surface area contributed by atoms with E-state index in [9.17, 15) is 9.90 Å². The van der Waals surface area contributed by atoms with Gasteiger partial charge in [0.05, 0.1) is 12.0 Å². The Bertz CT molecular complexity index is 213. The number of rotatable bonds is 1. The molecule has 12 heavy (non-hydrogen) atoms. The van der Waals surface area contributed by atoms with E-state index < -0.39 is 6.10 Å². The van der Waals surface area contributed by atoms with Crippen molar-refractivity contribution in [2.45, 2.75) is 18.9 Å². The third kappa shape index (κ3) is 1.03. The third-order valence-corrected chi connectivity index (χ3v) is 3.11. The van der Waals surface area contributed by atoms with Gasteiger partial charge in [-0.25, -0.2) is 0 Å². The maximum Gasteiger partial charge on any atom is 0.224 e. The van der Waals surface area contributed by atoms with Crippen LogP contribution in [0.3, 0.4) is 0 Å². The molecule has 0 aromatic carbocycles. The molecule has 4 N–H and O–H groups in total. The fourth-order valence-electron chi connectivity index (χ4n) is 2.01. The maximum absolute atomic E-state index is 10.9. The number of piperidine rings is 1. The molecule has 4 nitrogen and oxygen atoms in total. The van der Waals surface area contributed by atoms with Crippen molar-refractivity contribution in [3.05, 3.63) is 0 Å².